The van der Waals surface area contributed by atoms with E-state index in [0.717, 1.165) is 3.79 Å². The van der Waals surface area contributed by atoms with Crippen molar-refractivity contribution >= 4 is 37.3 Å². The van der Waals surface area contributed by atoms with Gasteiger partial charge in [0.2, 0.25) is 0 Å². The highest BCUT2D eigenvalue weighted by molar-refractivity contribution is 9.11. The Labute approximate surface area is 113 Å². The van der Waals surface area contributed by atoms with Gasteiger partial charge in [0, 0.05) is 18.6 Å². The molecule has 0 fully saturated rings. The smallest absolute Gasteiger partial charge is 0.250 e. The number of aliphatic hydroxyl groups is 1. The third-order valence-electron chi connectivity index (χ3n) is 2.53. The van der Waals surface area contributed by atoms with Gasteiger partial charge in [-0.2, -0.15) is 0 Å². The van der Waals surface area contributed by atoms with Crippen molar-refractivity contribution in [2.45, 2.75) is 16.7 Å². The lowest BCUT2D eigenvalue weighted by atomic mass is 10.1. The Hall–Kier alpha value is -0.210. The van der Waals surface area contributed by atoms with Crippen LogP contribution < -0.4 is 4.72 Å². The van der Waals surface area contributed by atoms with Crippen molar-refractivity contribution < 1.29 is 13.5 Å². The largest absolute Gasteiger partial charge is 0.396 e. The molecule has 0 aliphatic heterocycles. The fourth-order valence-corrected chi connectivity index (χ4v) is 4.93. The van der Waals surface area contributed by atoms with Crippen LogP contribution in [-0.4, -0.2) is 26.2 Å². The summed E-state index contributed by atoms with van der Waals surface area (Å²) in [6.07, 6.45) is 4.25. The number of aliphatic hydroxyl groups excluding tert-OH is 1. The first-order valence-electron chi connectivity index (χ1n) is 5.08. The van der Waals surface area contributed by atoms with Crippen LogP contribution in [-0.2, 0) is 10.0 Å². The van der Waals surface area contributed by atoms with Gasteiger partial charge >= 0.3 is 0 Å². The molecule has 0 radical (unpaired) electrons. The molecule has 1 heterocycles. The van der Waals surface area contributed by atoms with Crippen molar-refractivity contribution in [2.75, 3.05) is 6.61 Å². The predicted molar refractivity (Wildman–Crippen MR) is 70.5 cm³/mol. The Morgan fingerprint density at radius 2 is 2.24 bits per heavy atom. The molecule has 1 aliphatic rings. The molecule has 1 aromatic rings. The molecule has 0 spiro atoms. The maximum absolute atomic E-state index is 12.0. The average molecular weight is 338 g/mol. The second-order valence-electron chi connectivity index (χ2n) is 3.85. The highest BCUT2D eigenvalue weighted by atomic mass is 79.9. The summed E-state index contributed by atoms with van der Waals surface area (Å²) >= 11 is 4.41. The van der Waals surface area contributed by atoms with E-state index in [0.29, 0.717) is 10.6 Å². The van der Waals surface area contributed by atoms with Gasteiger partial charge in [0.05, 0.1) is 3.79 Å². The molecule has 2 N–H and O–H groups in total. The van der Waals surface area contributed by atoms with Gasteiger partial charge in [0.15, 0.2) is 0 Å². The zero-order valence-electron chi connectivity index (χ0n) is 8.84. The molecule has 7 heteroatoms. The number of nitrogens with one attached hydrogen (secondary N) is 1. The topological polar surface area (TPSA) is 66.4 Å². The van der Waals surface area contributed by atoms with Gasteiger partial charge in [-0.3, -0.25) is 0 Å². The van der Waals surface area contributed by atoms with E-state index in [4.69, 9.17) is 5.11 Å². The summed E-state index contributed by atoms with van der Waals surface area (Å²) in [6.45, 7) is 0.0548. The normalized spacial score (nSPS) is 24.4. The molecular weight excluding hydrogens is 326 g/mol. The van der Waals surface area contributed by atoms with Crippen LogP contribution in [0.4, 0.5) is 0 Å². The van der Waals surface area contributed by atoms with Crippen molar-refractivity contribution in [3.05, 3.63) is 28.1 Å². The summed E-state index contributed by atoms with van der Waals surface area (Å²) in [5, 5.41) is 8.97. The number of halogens is 1. The van der Waals surface area contributed by atoms with E-state index in [1.54, 1.807) is 18.2 Å². The molecule has 94 valence electrons. The zero-order valence-corrected chi connectivity index (χ0v) is 12.1. The van der Waals surface area contributed by atoms with Gasteiger partial charge in [0.25, 0.3) is 10.0 Å². The van der Waals surface area contributed by atoms with Crippen LogP contribution >= 0.6 is 27.3 Å². The van der Waals surface area contributed by atoms with Gasteiger partial charge in [-0.05, 0) is 34.5 Å². The molecule has 0 aromatic carbocycles. The number of hydrogen-bond acceptors (Lipinski definition) is 4. The quantitative estimate of drug-likeness (QED) is 0.822. The van der Waals surface area contributed by atoms with Crippen LogP contribution in [0.1, 0.15) is 6.42 Å². The first-order chi connectivity index (χ1) is 8.01. The van der Waals surface area contributed by atoms with Crippen LogP contribution in [0, 0.1) is 5.92 Å². The lowest BCUT2D eigenvalue weighted by Crippen LogP contribution is -2.32. The Bertz CT molecular complexity index is 523. The van der Waals surface area contributed by atoms with Crippen LogP contribution in [0.25, 0.3) is 0 Å². The Morgan fingerprint density at radius 3 is 2.76 bits per heavy atom. The SMILES string of the molecule is O=S(=O)(N[C@@H]1C=C[C@H](CO)C1)c1ccc(Br)s1. The Morgan fingerprint density at radius 1 is 1.47 bits per heavy atom. The molecule has 0 saturated carbocycles. The standard InChI is InChI=1S/C10H12BrNO3S2/c11-9-3-4-10(16-9)17(14,15)12-8-2-1-7(5-8)6-13/h1-4,7-8,12-13H,5-6H2/t7-,8+/m0/s1. The van der Waals surface area contributed by atoms with E-state index in [1.165, 1.54) is 11.3 Å². The van der Waals surface area contributed by atoms with Gasteiger partial charge < -0.3 is 5.11 Å². The third kappa shape index (κ3) is 3.17. The van der Waals surface area contributed by atoms with Crippen molar-refractivity contribution in [1.82, 2.24) is 4.72 Å². The molecule has 17 heavy (non-hydrogen) atoms. The van der Waals surface area contributed by atoms with E-state index < -0.39 is 10.0 Å². The molecule has 2 rings (SSSR count). The Balaban J connectivity index is 2.07. The minimum absolute atomic E-state index is 0.0535. The Kier molecular flexibility index (Phi) is 4.04. The molecule has 1 aromatic heterocycles. The summed E-state index contributed by atoms with van der Waals surface area (Å²) in [5.74, 6) is 0.0535. The minimum atomic E-state index is -3.45. The molecular formula is C10H12BrNO3S2. The van der Waals surface area contributed by atoms with E-state index in [9.17, 15) is 8.42 Å². The molecule has 1 aliphatic carbocycles. The summed E-state index contributed by atoms with van der Waals surface area (Å²) < 4.78 is 27.7. The molecule has 4 nitrogen and oxygen atoms in total. The second-order valence-corrected chi connectivity index (χ2v) is 8.25. The molecule has 2 atom stereocenters. The van der Waals surface area contributed by atoms with Gasteiger partial charge in [-0.25, -0.2) is 13.1 Å². The van der Waals surface area contributed by atoms with E-state index >= 15 is 0 Å². The summed E-state index contributed by atoms with van der Waals surface area (Å²) in [4.78, 5) is 0. The second kappa shape index (κ2) is 5.19. The number of hydrogen-bond donors (Lipinski definition) is 2. The maximum atomic E-state index is 12.0. The van der Waals surface area contributed by atoms with Gasteiger partial charge in [0.1, 0.15) is 4.21 Å². The lowest BCUT2D eigenvalue weighted by Gasteiger charge is -2.11. The fourth-order valence-electron chi connectivity index (χ4n) is 1.70. The number of rotatable bonds is 4. The highest BCUT2D eigenvalue weighted by Gasteiger charge is 2.24. The van der Waals surface area contributed by atoms with Crippen molar-refractivity contribution in [1.29, 1.82) is 0 Å². The number of sulfonamides is 1. The van der Waals surface area contributed by atoms with Crippen LogP contribution in [0.15, 0.2) is 32.3 Å². The maximum Gasteiger partial charge on any atom is 0.250 e. The summed E-state index contributed by atoms with van der Waals surface area (Å²) in [6, 6.07) is 3.05. The monoisotopic (exact) mass is 337 g/mol. The molecule has 0 bridgehead atoms. The number of thiophene rings is 1. The van der Waals surface area contributed by atoms with Crippen molar-refractivity contribution in [2.24, 2.45) is 5.92 Å². The van der Waals surface area contributed by atoms with E-state index in [-0.39, 0.29) is 18.6 Å². The van der Waals surface area contributed by atoms with Crippen LogP contribution in [0.3, 0.4) is 0 Å². The predicted octanol–water partition coefficient (Wildman–Crippen LogP) is 1.73. The van der Waals surface area contributed by atoms with Crippen molar-refractivity contribution in [3.63, 3.8) is 0 Å². The van der Waals surface area contributed by atoms with Crippen LogP contribution in [0.2, 0.25) is 0 Å². The first-order valence-corrected chi connectivity index (χ1v) is 8.17. The van der Waals surface area contributed by atoms with Crippen LogP contribution in [0.5, 0.6) is 0 Å². The molecule has 0 saturated heterocycles. The zero-order chi connectivity index (χ0) is 12.5. The first kappa shape index (κ1) is 13.2. The summed E-state index contributed by atoms with van der Waals surface area (Å²) in [7, 11) is -3.45. The van der Waals surface area contributed by atoms with Crippen molar-refractivity contribution in [3.8, 4) is 0 Å². The molecule has 0 amide bonds. The van der Waals surface area contributed by atoms with Gasteiger partial charge in [-0.15, -0.1) is 11.3 Å². The summed E-state index contributed by atoms with van der Waals surface area (Å²) in [5.41, 5.74) is 0. The average Bonchev–Trinajstić information content (AvgIpc) is 2.86. The lowest BCUT2D eigenvalue weighted by molar-refractivity contribution is 0.248. The fraction of sp³-hybridized carbons (Fsp3) is 0.400. The third-order valence-corrected chi connectivity index (χ3v) is 6.13. The van der Waals surface area contributed by atoms with E-state index in [2.05, 4.69) is 20.7 Å². The van der Waals surface area contributed by atoms with E-state index in [1.807, 2.05) is 6.08 Å². The van der Waals surface area contributed by atoms with Gasteiger partial charge in [-0.1, -0.05) is 12.2 Å². The minimum Gasteiger partial charge on any atom is -0.396 e. The molecule has 0 unspecified atom stereocenters. The highest BCUT2D eigenvalue weighted by Crippen LogP contribution is 2.27.